The van der Waals surface area contributed by atoms with Crippen LogP contribution >= 0.6 is 0 Å². The molecule has 1 heterocycles. The van der Waals surface area contributed by atoms with Gasteiger partial charge in [0, 0.05) is 5.57 Å². The molecule has 4 heteroatoms. The summed E-state index contributed by atoms with van der Waals surface area (Å²) in [6, 6.07) is 9.00. The highest BCUT2D eigenvalue weighted by molar-refractivity contribution is 5.99. The van der Waals surface area contributed by atoms with Crippen LogP contribution in [0, 0.1) is 41.5 Å². The number of aliphatic hydroxyl groups excluding tert-OH is 1. The molecule has 0 saturated heterocycles. The Balaban J connectivity index is 2.24. The van der Waals surface area contributed by atoms with Crippen LogP contribution in [0.4, 0.5) is 11.4 Å². The zero-order chi connectivity index (χ0) is 22.2. The van der Waals surface area contributed by atoms with Crippen LogP contribution in [0.3, 0.4) is 0 Å². The van der Waals surface area contributed by atoms with E-state index in [1.807, 2.05) is 6.92 Å². The topological polar surface area (TPSA) is 35.7 Å². The third kappa shape index (κ3) is 4.09. The molecule has 2 aromatic rings. The first-order valence-corrected chi connectivity index (χ1v) is 10.6. The number of nitrogens with zero attached hydrogens (tertiary/aromatic N) is 2. The molecule has 0 saturated carbocycles. The van der Waals surface area contributed by atoms with Crippen molar-refractivity contribution >= 4 is 17.2 Å². The van der Waals surface area contributed by atoms with Gasteiger partial charge in [-0.1, -0.05) is 35.4 Å². The van der Waals surface area contributed by atoms with Crippen molar-refractivity contribution in [3.05, 3.63) is 69.2 Å². The highest BCUT2D eigenvalue weighted by atomic mass is 16.6. The van der Waals surface area contributed by atoms with Gasteiger partial charge >= 0.3 is 0 Å². The normalized spacial score (nSPS) is 15.0. The molecule has 160 valence electrons. The highest BCUT2D eigenvalue weighted by Crippen LogP contribution is 2.33. The summed E-state index contributed by atoms with van der Waals surface area (Å²) in [4.78, 5) is 2.43. The summed E-state index contributed by atoms with van der Waals surface area (Å²) in [6.07, 6.45) is 0.624. The number of amidine groups is 1. The molecule has 2 aromatic carbocycles. The summed E-state index contributed by atoms with van der Waals surface area (Å²) in [7, 11) is 1.51. The molecule has 1 aliphatic heterocycles. The van der Waals surface area contributed by atoms with E-state index >= 15 is 0 Å². The number of aryl methyl sites for hydroxylation is 6. The monoisotopic (exact) mass is 407 g/mol. The molecule has 0 aromatic heterocycles. The van der Waals surface area contributed by atoms with Gasteiger partial charge in [0.2, 0.25) is 0 Å². The van der Waals surface area contributed by atoms with Crippen molar-refractivity contribution in [3.8, 4) is 0 Å². The number of hydrogen-bond donors (Lipinski definition) is 1. The Labute approximate surface area is 181 Å². The summed E-state index contributed by atoms with van der Waals surface area (Å²) in [6.45, 7) is 16.8. The molecule has 1 aliphatic rings. The number of aliphatic hydroxyl groups is 1. The molecular formula is C26H35N2O2+. The molecule has 0 bridgehead atoms. The van der Waals surface area contributed by atoms with Crippen molar-refractivity contribution < 1.29 is 14.4 Å². The molecule has 1 N–H and O–H groups in total. The number of ether oxygens (including phenoxy) is 1. The minimum absolute atomic E-state index is 0.00370. The fraction of sp³-hybridized carbons (Fsp3) is 0.423. The van der Waals surface area contributed by atoms with Gasteiger partial charge in [-0.15, -0.1) is 0 Å². The average molecular weight is 408 g/mol. The number of hydrogen-bond acceptors (Lipinski definition) is 3. The van der Waals surface area contributed by atoms with Crippen LogP contribution < -0.4 is 4.90 Å². The zero-order valence-electron chi connectivity index (χ0n) is 19.7. The van der Waals surface area contributed by atoms with Crippen molar-refractivity contribution in [2.75, 3.05) is 25.1 Å². The van der Waals surface area contributed by atoms with Gasteiger partial charge in [0.15, 0.2) is 0 Å². The maximum atomic E-state index is 10.2. The second kappa shape index (κ2) is 8.55. The van der Waals surface area contributed by atoms with E-state index in [1.54, 1.807) is 0 Å². The summed E-state index contributed by atoms with van der Waals surface area (Å²) in [5.41, 5.74) is 11.0. The highest BCUT2D eigenvalue weighted by Gasteiger charge is 2.36. The van der Waals surface area contributed by atoms with Gasteiger partial charge in [0.05, 0.1) is 13.5 Å². The van der Waals surface area contributed by atoms with Crippen LogP contribution in [0.1, 0.15) is 46.7 Å². The molecule has 0 amide bonds. The molecule has 30 heavy (non-hydrogen) atoms. The summed E-state index contributed by atoms with van der Waals surface area (Å²) >= 11 is 0. The minimum atomic E-state index is 0.00370. The van der Waals surface area contributed by atoms with Crippen molar-refractivity contribution in [2.24, 2.45) is 0 Å². The lowest BCUT2D eigenvalue weighted by Crippen LogP contribution is -2.31. The Morgan fingerprint density at radius 1 is 0.933 bits per heavy atom. The van der Waals surface area contributed by atoms with Gasteiger partial charge in [-0.3, -0.25) is 0 Å². The van der Waals surface area contributed by atoms with E-state index < -0.39 is 0 Å². The van der Waals surface area contributed by atoms with E-state index in [1.165, 1.54) is 57.7 Å². The van der Waals surface area contributed by atoms with E-state index in [4.69, 9.17) is 4.74 Å². The second-order valence-electron chi connectivity index (χ2n) is 8.68. The molecule has 0 aliphatic carbocycles. The van der Waals surface area contributed by atoms with Gasteiger partial charge in [0.25, 0.3) is 11.8 Å². The summed E-state index contributed by atoms with van der Waals surface area (Å²) < 4.78 is 7.54. The second-order valence-corrected chi connectivity index (χ2v) is 8.68. The third-order valence-electron chi connectivity index (χ3n) is 5.96. The fourth-order valence-corrected chi connectivity index (χ4v) is 4.96. The van der Waals surface area contributed by atoms with Crippen molar-refractivity contribution in [1.29, 1.82) is 0 Å². The lowest BCUT2D eigenvalue weighted by molar-refractivity contribution is -0.430. The van der Waals surface area contributed by atoms with Crippen LogP contribution in [-0.2, 0) is 4.74 Å². The Morgan fingerprint density at radius 3 is 1.93 bits per heavy atom. The van der Waals surface area contributed by atoms with E-state index in [9.17, 15) is 5.11 Å². The largest absolute Gasteiger partial charge is 0.481 e. The van der Waals surface area contributed by atoms with Crippen LogP contribution in [-0.4, -0.2) is 35.7 Å². The van der Waals surface area contributed by atoms with Crippen molar-refractivity contribution in [3.63, 3.8) is 0 Å². The molecule has 0 spiro atoms. The maximum absolute atomic E-state index is 10.2. The van der Waals surface area contributed by atoms with Gasteiger partial charge in [-0.2, -0.15) is 0 Å². The predicted octanol–water partition coefficient (Wildman–Crippen LogP) is 5.93. The Bertz CT molecular complexity index is 1000. The third-order valence-corrected chi connectivity index (χ3v) is 5.96. The number of anilines is 1. The van der Waals surface area contributed by atoms with E-state index in [0.717, 1.165) is 18.7 Å². The first-order valence-electron chi connectivity index (χ1n) is 10.6. The quantitative estimate of drug-likeness (QED) is 0.493. The van der Waals surface area contributed by atoms with Gasteiger partial charge < -0.3 is 9.84 Å². The minimum Gasteiger partial charge on any atom is -0.481 e. The van der Waals surface area contributed by atoms with Crippen LogP contribution in [0.15, 0.2) is 35.8 Å². The number of methoxy groups -OCH3 is 1. The Hall–Kier alpha value is -2.75. The van der Waals surface area contributed by atoms with E-state index in [-0.39, 0.29) is 5.95 Å². The van der Waals surface area contributed by atoms with Gasteiger partial charge in [-0.05, 0) is 70.7 Å². The fourth-order valence-electron chi connectivity index (χ4n) is 4.96. The average Bonchev–Trinajstić information content (AvgIpc) is 3.02. The number of rotatable bonds is 5. The summed E-state index contributed by atoms with van der Waals surface area (Å²) in [5.74, 6) is 1.19. The van der Waals surface area contributed by atoms with E-state index in [2.05, 4.69) is 75.3 Å². The molecular weight excluding hydrogens is 372 g/mol. The van der Waals surface area contributed by atoms with Crippen LogP contribution in [0.5, 0.6) is 0 Å². The molecule has 3 rings (SSSR count). The van der Waals surface area contributed by atoms with Gasteiger partial charge in [-0.25, -0.2) is 9.48 Å². The van der Waals surface area contributed by atoms with Crippen molar-refractivity contribution in [1.82, 2.24) is 0 Å². The first kappa shape index (κ1) is 21.9. The number of benzene rings is 2. The Morgan fingerprint density at radius 2 is 1.43 bits per heavy atom. The first-order chi connectivity index (χ1) is 14.1. The zero-order valence-corrected chi connectivity index (χ0v) is 19.7. The molecule has 4 nitrogen and oxygen atoms in total. The SMILES string of the molecule is CO/C(O)=C(/C)CC1=[N+](c2c(C)cc(C)cc2C)CCN1c1c(C)cc(C)cc1C. The summed E-state index contributed by atoms with van der Waals surface area (Å²) in [5, 5.41) is 10.2. The lowest BCUT2D eigenvalue weighted by Gasteiger charge is -2.19. The maximum Gasteiger partial charge on any atom is 0.275 e. The Kier molecular flexibility index (Phi) is 6.25. The predicted molar refractivity (Wildman–Crippen MR) is 125 cm³/mol. The molecule has 0 unspecified atom stereocenters. The van der Waals surface area contributed by atoms with E-state index in [0.29, 0.717) is 6.42 Å². The smallest absolute Gasteiger partial charge is 0.275 e. The van der Waals surface area contributed by atoms with Crippen LogP contribution in [0.2, 0.25) is 0 Å². The molecule has 0 atom stereocenters. The standard InChI is InChI=1S/C26H34N2O2/c1-16-11-18(3)24(19(4)12-16)27-9-10-28(23(27)15-22(7)26(29)30-8)25-20(5)13-17(2)14-21(25)6/h11-14H,9-10,15H2,1-8H3/p+1/b26-22-. The lowest BCUT2D eigenvalue weighted by atomic mass is 10.0. The van der Waals surface area contributed by atoms with Crippen molar-refractivity contribution in [2.45, 2.75) is 54.9 Å². The van der Waals surface area contributed by atoms with Gasteiger partial charge in [0.1, 0.15) is 24.5 Å². The molecule has 0 radical (unpaired) electrons. The molecule has 0 fully saturated rings. The van der Waals surface area contributed by atoms with Crippen LogP contribution in [0.25, 0.3) is 0 Å².